The van der Waals surface area contributed by atoms with Crippen molar-refractivity contribution in [3.05, 3.63) is 82.9 Å². The Morgan fingerprint density at radius 3 is 2.20 bits per heavy atom. The minimum Gasteiger partial charge on any atom is -0.0843 e. The van der Waals surface area contributed by atoms with Crippen molar-refractivity contribution in [3.8, 4) is 0 Å². The zero-order chi connectivity index (χ0) is 17.6. The number of hydrogen-bond acceptors (Lipinski definition) is 0. The summed E-state index contributed by atoms with van der Waals surface area (Å²) in [6.45, 7) is 4.69. The van der Waals surface area contributed by atoms with E-state index in [4.69, 9.17) is 11.6 Å². The molecule has 0 aliphatic carbocycles. The predicted octanol–water partition coefficient (Wildman–Crippen LogP) is 7.33. The van der Waals surface area contributed by atoms with Crippen LogP contribution in [0.1, 0.15) is 37.8 Å². The highest BCUT2D eigenvalue weighted by molar-refractivity contribution is 6.30. The molecule has 0 aliphatic heterocycles. The predicted molar refractivity (Wildman–Crippen MR) is 110 cm³/mol. The first kappa shape index (κ1) is 18.0. The van der Waals surface area contributed by atoms with E-state index in [0.29, 0.717) is 5.92 Å². The molecule has 0 bridgehead atoms. The molecule has 0 nitrogen and oxygen atoms in total. The molecule has 1 heteroatoms. The third-order valence-corrected chi connectivity index (χ3v) is 5.40. The Labute approximate surface area is 156 Å². The van der Waals surface area contributed by atoms with E-state index >= 15 is 0 Å². The smallest absolute Gasteiger partial charge is 0.0406 e. The molecule has 0 fully saturated rings. The van der Waals surface area contributed by atoms with Gasteiger partial charge in [0.2, 0.25) is 0 Å². The maximum atomic E-state index is 5.99. The summed E-state index contributed by atoms with van der Waals surface area (Å²) in [5, 5.41) is 3.50. The van der Waals surface area contributed by atoms with E-state index in [-0.39, 0.29) is 0 Å². The Hall–Kier alpha value is -1.79. The van der Waals surface area contributed by atoms with E-state index < -0.39 is 0 Å². The average Bonchev–Trinajstić information content (AvgIpc) is 2.63. The molecule has 2 atom stereocenters. The van der Waals surface area contributed by atoms with Gasteiger partial charge in [-0.25, -0.2) is 0 Å². The van der Waals surface area contributed by atoms with Gasteiger partial charge in [-0.3, -0.25) is 0 Å². The van der Waals surface area contributed by atoms with Crippen molar-refractivity contribution in [2.45, 2.75) is 39.5 Å². The van der Waals surface area contributed by atoms with E-state index in [1.807, 2.05) is 12.1 Å². The average molecular weight is 351 g/mol. The van der Waals surface area contributed by atoms with E-state index in [1.54, 1.807) is 0 Å². The monoisotopic (exact) mass is 350 g/mol. The summed E-state index contributed by atoms with van der Waals surface area (Å²) in [7, 11) is 0. The van der Waals surface area contributed by atoms with E-state index in [0.717, 1.165) is 17.4 Å². The summed E-state index contributed by atoms with van der Waals surface area (Å²) in [4.78, 5) is 0. The lowest BCUT2D eigenvalue weighted by Crippen LogP contribution is -2.11. The van der Waals surface area contributed by atoms with Gasteiger partial charge in [0.25, 0.3) is 0 Å². The number of benzene rings is 3. The Balaban J connectivity index is 1.61. The van der Waals surface area contributed by atoms with Crippen LogP contribution in [0, 0.1) is 11.8 Å². The third kappa shape index (κ3) is 5.09. The minimum atomic E-state index is 0.687. The van der Waals surface area contributed by atoms with Crippen LogP contribution in [0.25, 0.3) is 10.8 Å². The number of hydrogen-bond donors (Lipinski definition) is 0. The molecule has 0 amide bonds. The summed E-state index contributed by atoms with van der Waals surface area (Å²) in [6, 6.07) is 23.9. The summed E-state index contributed by atoms with van der Waals surface area (Å²) in [5.74, 6) is 1.43. The molecule has 2 unspecified atom stereocenters. The van der Waals surface area contributed by atoms with Crippen LogP contribution in [-0.4, -0.2) is 0 Å². The molecule has 25 heavy (non-hydrogen) atoms. The Morgan fingerprint density at radius 1 is 0.800 bits per heavy atom. The van der Waals surface area contributed by atoms with Gasteiger partial charge in [-0.05, 0) is 65.1 Å². The third-order valence-electron chi connectivity index (χ3n) is 5.15. The molecular weight excluding hydrogens is 324 g/mol. The van der Waals surface area contributed by atoms with Crippen molar-refractivity contribution in [2.24, 2.45) is 11.8 Å². The Bertz CT molecular complexity index is 804. The molecule has 3 aromatic rings. The molecule has 3 rings (SSSR count). The lowest BCUT2D eigenvalue weighted by atomic mass is 9.85. The van der Waals surface area contributed by atoms with Crippen LogP contribution in [0.4, 0.5) is 0 Å². The van der Waals surface area contributed by atoms with Gasteiger partial charge in [0, 0.05) is 5.02 Å². The van der Waals surface area contributed by atoms with Crippen LogP contribution >= 0.6 is 11.6 Å². The van der Waals surface area contributed by atoms with Gasteiger partial charge in [-0.1, -0.05) is 86.5 Å². The van der Waals surface area contributed by atoms with E-state index in [1.165, 1.54) is 41.2 Å². The highest BCUT2D eigenvalue weighted by Crippen LogP contribution is 2.25. The molecule has 0 aliphatic rings. The van der Waals surface area contributed by atoms with Gasteiger partial charge in [0.15, 0.2) is 0 Å². The molecule has 0 heterocycles. The van der Waals surface area contributed by atoms with E-state index in [9.17, 15) is 0 Å². The quantitative estimate of drug-likeness (QED) is 0.418. The van der Waals surface area contributed by atoms with Crippen molar-refractivity contribution in [1.82, 2.24) is 0 Å². The highest BCUT2D eigenvalue weighted by atomic mass is 35.5. The van der Waals surface area contributed by atoms with Gasteiger partial charge < -0.3 is 0 Å². The molecule has 0 saturated heterocycles. The van der Waals surface area contributed by atoms with Crippen LogP contribution in [0.3, 0.4) is 0 Å². The van der Waals surface area contributed by atoms with Crippen molar-refractivity contribution in [1.29, 1.82) is 0 Å². The molecule has 0 spiro atoms. The molecule has 3 aromatic carbocycles. The lowest BCUT2D eigenvalue weighted by molar-refractivity contribution is 0.376. The van der Waals surface area contributed by atoms with Gasteiger partial charge >= 0.3 is 0 Å². The van der Waals surface area contributed by atoms with Crippen molar-refractivity contribution >= 4 is 22.4 Å². The second kappa shape index (κ2) is 8.54. The van der Waals surface area contributed by atoms with Crippen LogP contribution in [0.5, 0.6) is 0 Å². The van der Waals surface area contributed by atoms with Crippen LogP contribution < -0.4 is 0 Å². The fourth-order valence-electron chi connectivity index (χ4n) is 3.77. The maximum absolute atomic E-state index is 5.99. The standard InChI is InChI=1S/C24H27Cl/c1-3-19(14-18(2)15-20-9-12-24(25)13-10-20)16-21-8-11-22-6-4-5-7-23(22)17-21/h4-13,17-19H,3,14-16H2,1-2H3. The van der Waals surface area contributed by atoms with Gasteiger partial charge in [0.05, 0.1) is 0 Å². The molecule has 0 N–H and O–H groups in total. The zero-order valence-electron chi connectivity index (χ0n) is 15.2. The topological polar surface area (TPSA) is 0 Å². The summed E-state index contributed by atoms with van der Waals surface area (Å²) in [6.07, 6.45) is 4.81. The van der Waals surface area contributed by atoms with E-state index in [2.05, 4.69) is 68.4 Å². The van der Waals surface area contributed by atoms with Crippen molar-refractivity contribution in [2.75, 3.05) is 0 Å². The lowest BCUT2D eigenvalue weighted by Gasteiger charge is -2.20. The highest BCUT2D eigenvalue weighted by Gasteiger charge is 2.13. The van der Waals surface area contributed by atoms with Gasteiger partial charge in [0.1, 0.15) is 0 Å². The SMILES string of the molecule is CCC(Cc1ccc2ccccc2c1)CC(C)Cc1ccc(Cl)cc1. The summed E-state index contributed by atoms with van der Waals surface area (Å²) >= 11 is 5.99. The summed E-state index contributed by atoms with van der Waals surface area (Å²) < 4.78 is 0. The maximum Gasteiger partial charge on any atom is 0.0406 e. The molecule has 0 saturated carbocycles. The first-order valence-electron chi connectivity index (χ1n) is 9.36. The molecule has 0 radical (unpaired) electrons. The van der Waals surface area contributed by atoms with Crippen LogP contribution in [-0.2, 0) is 12.8 Å². The van der Waals surface area contributed by atoms with Crippen LogP contribution in [0.2, 0.25) is 5.02 Å². The second-order valence-corrected chi connectivity index (χ2v) is 7.77. The largest absolute Gasteiger partial charge is 0.0843 e. The van der Waals surface area contributed by atoms with Crippen molar-refractivity contribution < 1.29 is 0 Å². The zero-order valence-corrected chi connectivity index (χ0v) is 16.0. The Morgan fingerprint density at radius 2 is 1.48 bits per heavy atom. The van der Waals surface area contributed by atoms with Gasteiger partial charge in [-0.2, -0.15) is 0 Å². The number of fused-ring (bicyclic) bond motifs is 1. The van der Waals surface area contributed by atoms with Gasteiger partial charge in [-0.15, -0.1) is 0 Å². The first-order chi connectivity index (χ1) is 12.1. The minimum absolute atomic E-state index is 0.687. The fraction of sp³-hybridized carbons (Fsp3) is 0.333. The summed E-state index contributed by atoms with van der Waals surface area (Å²) in [5.41, 5.74) is 2.85. The first-order valence-corrected chi connectivity index (χ1v) is 9.74. The molecule has 0 aromatic heterocycles. The molecular formula is C24H27Cl. The number of rotatable bonds is 7. The fourth-order valence-corrected chi connectivity index (χ4v) is 3.89. The second-order valence-electron chi connectivity index (χ2n) is 7.33. The number of halogens is 1. The normalized spacial score (nSPS) is 13.7. The van der Waals surface area contributed by atoms with Crippen LogP contribution in [0.15, 0.2) is 66.7 Å². The van der Waals surface area contributed by atoms with Crippen molar-refractivity contribution in [3.63, 3.8) is 0 Å². The Kier molecular flexibility index (Phi) is 6.15. The molecule has 130 valence electrons.